The number of anilines is 1. The molecule has 2 N–H and O–H groups in total. The van der Waals surface area contributed by atoms with Gasteiger partial charge in [0.2, 0.25) is 11.8 Å². The van der Waals surface area contributed by atoms with Crippen LogP contribution in [-0.2, 0) is 14.3 Å². The standard InChI is InChI=1S/C16H20N2O5/c1-21-5-4-17-15(19)11-9-12(11)16(20)18-10-2-3-13-14(8-10)23-7-6-22-13/h2-3,8,11-12H,4-7,9H2,1H3,(H,17,19)(H,18,20). The molecule has 0 saturated heterocycles. The topological polar surface area (TPSA) is 85.9 Å². The third-order valence-electron chi connectivity index (χ3n) is 3.88. The molecule has 124 valence electrons. The molecule has 0 aromatic heterocycles. The molecule has 0 spiro atoms. The molecule has 3 rings (SSSR count). The van der Waals surface area contributed by atoms with Gasteiger partial charge in [0.25, 0.3) is 0 Å². The van der Waals surface area contributed by atoms with E-state index in [4.69, 9.17) is 14.2 Å². The molecular formula is C16H20N2O5. The fraction of sp³-hybridized carbons (Fsp3) is 0.500. The van der Waals surface area contributed by atoms with Gasteiger partial charge in [0, 0.05) is 25.4 Å². The molecule has 23 heavy (non-hydrogen) atoms. The van der Waals surface area contributed by atoms with Gasteiger partial charge in [0.1, 0.15) is 13.2 Å². The Labute approximate surface area is 134 Å². The summed E-state index contributed by atoms with van der Waals surface area (Å²) in [6.07, 6.45) is 0.579. The van der Waals surface area contributed by atoms with Gasteiger partial charge in [-0.1, -0.05) is 0 Å². The lowest BCUT2D eigenvalue weighted by atomic mass is 10.2. The van der Waals surface area contributed by atoms with E-state index in [1.54, 1.807) is 25.3 Å². The molecule has 2 amide bonds. The summed E-state index contributed by atoms with van der Waals surface area (Å²) in [7, 11) is 1.58. The summed E-state index contributed by atoms with van der Waals surface area (Å²) in [5, 5.41) is 5.58. The first-order chi connectivity index (χ1) is 11.2. The van der Waals surface area contributed by atoms with Gasteiger partial charge in [-0.2, -0.15) is 0 Å². The Morgan fingerprint density at radius 3 is 2.70 bits per heavy atom. The molecule has 1 aromatic carbocycles. The van der Waals surface area contributed by atoms with E-state index < -0.39 is 0 Å². The van der Waals surface area contributed by atoms with Crippen molar-refractivity contribution in [2.45, 2.75) is 6.42 Å². The average molecular weight is 320 g/mol. The lowest BCUT2D eigenvalue weighted by molar-refractivity contribution is -0.125. The predicted octanol–water partition coefficient (Wildman–Crippen LogP) is 0.795. The van der Waals surface area contributed by atoms with Crippen LogP contribution in [0.2, 0.25) is 0 Å². The van der Waals surface area contributed by atoms with Crippen molar-refractivity contribution in [1.29, 1.82) is 0 Å². The molecule has 1 aliphatic carbocycles. The molecule has 0 radical (unpaired) electrons. The van der Waals surface area contributed by atoms with E-state index in [-0.39, 0.29) is 23.7 Å². The van der Waals surface area contributed by atoms with E-state index in [0.29, 0.717) is 50.0 Å². The quantitative estimate of drug-likeness (QED) is 0.757. The van der Waals surface area contributed by atoms with Gasteiger partial charge in [-0.05, 0) is 18.6 Å². The van der Waals surface area contributed by atoms with Gasteiger partial charge in [-0.25, -0.2) is 0 Å². The number of hydrogen-bond donors (Lipinski definition) is 2. The Balaban J connectivity index is 1.51. The first-order valence-corrected chi connectivity index (χ1v) is 7.66. The number of ether oxygens (including phenoxy) is 3. The fourth-order valence-electron chi connectivity index (χ4n) is 2.54. The molecule has 1 aliphatic heterocycles. The largest absolute Gasteiger partial charge is 0.486 e. The van der Waals surface area contributed by atoms with Gasteiger partial charge < -0.3 is 24.8 Å². The number of amides is 2. The van der Waals surface area contributed by atoms with Crippen molar-refractivity contribution in [3.8, 4) is 11.5 Å². The van der Waals surface area contributed by atoms with Crippen LogP contribution in [0.15, 0.2) is 18.2 Å². The van der Waals surface area contributed by atoms with Crippen molar-refractivity contribution in [2.75, 3.05) is 38.8 Å². The van der Waals surface area contributed by atoms with Crippen molar-refractivity contribution in [3.63, 3.8) is 0 Å². The maximum Gasteiger partial charge on any atom is 0.228 e. The number of hydrogen-bond acceptors (Lipinski definition) is 5. The number of rotatable bonds is 6. The zero-order chi connectivity index (χ0) is 16.2. The van der Waals surface area contributed by atoms with Crippen molar-refractivity contribution >= 4 is 17.5 Å². The van der Waals surface area contributed by atoms with Crippen LogP contribution in [0.4, 0.5) is 5.69 Å². The smallest absolute Gasteiger partial charge is 0.228 e. The van der Waals surface area contributed by atoms with Gasteiger partial charge >= 0.3 is 0 Å². The Kier molecular flexibility index (Phi) is 4.66. The summed E-state index contributed by atoms with van der Waals surface area (Å²) in [5.74, 6) is 0.544. The molecule has 7 nitrogen and oxygen atoms in total. The van der Waals surface area contributed by atoms with Crippen LogP contribution < -0.4 is 20.1 Å². The first-order valence-electron chi connectivity index (χ1n) is 7.66. The van der Waals surface area contributed by atoms with Gasteiger partial charge in [0.05, 0.1) is 18.4 Å². The maximum atomic E-state index is 12.2. The van der Waals surface area contributed by atoms with Crippen LogP contribution in [0, 0.1) is 11.8 Å². The Bertz CT molecular complexity index is 604. The van der Waals surface area contributed by atoms with Crippen LogP contribution in [0.3, 0.4) is 0 Å². The SMILES string of the molecule is COCCNC(=O)C1CC1C(=O)Nc1ccc2c(c1)OCCO2. The fourth-order valence-corrected chi connectivity index (χ4v) is 2.54. The van der Waals surface area contributed by atoms with E-state index in [1.165, 1.54) is 0 Å². The zero-order valence-corrected chi connectivity index (χ0v) is 13.0. The number of fused-ring (bicyclic) bond motifs is 1. The molecule has 0 bridgehead atoms. The third kappa shape index (κ3) is 3.73. The summed E-state index contributed by atoms with van der Waals surface area (Å²) >= 11 is 0. The summed E-state index contributed by atoms with van der Waals surface area (Å²) in [6.45, 7) is 1.95. The highest BCUT2D eigenvalue weighted by Crippen LogP contribution is 2.40. The summed E-state index contributed by atoms with van der Waals surface area (Å²) in [6, 6.07) is 5.27. The third-order valence-corrected chi connectivity index (χ3v) is 3.88. The van der Waals surface area contributed by atoms with E-state index in [9.17, 15) is 9.59 Å². The second kappa shape index (κ2) is 6.87. The highest BCUT2D eigenvalue weighted by molar-refractivity contribution is 5.99. The molecule has 1 heterocycles. The summed E-state index contributed by atoms with van der Waals surface area (Å²) in [5.41, 5.74) is 0.643. The molecular weight excluding hydrogens is 300 g/mol. The number of carbonyl (C=O) groups excluding carboxylic acids is 2. The van der Waals surface area contributed by atoms with Crippen LogP contribution in [-0.4, -0.2) is 45.3 Å². The second-order valence-corrected chi connectivity index (χ2v) is 5.58. The number of methoxy groups -OCH3 is 1. The molecule has 2 unspecified atom stereocenters. The van der Waals surface area contributed by atoms with Crippen molar-refractivity contribution in [3.05, 3.63) is 18.2 Å². The minimum Gasteiger partial charge on any atom is -0.486 e. The van der Waals surface area contributed by atoms with Gasteiger partial charge in [0.15, 0.2) is 11.5 Å². The maximum absolute atomic E-state index is 12.2. The lowest BCUT2D eigenvalue weighted by Gasteiger charge is -2.19. The highest BCUT2D eigenvalue weighted by atomic mass is 16.6. The molecule has 2 atom stereocenters. The Morgan fingerprint density at radius 1 is 1.17 bits per heavy atom. The van der Waals surface area contributed by atoms with Gasteiger partial charge in [-0.3, -0.25) is 9.59 Å². The number of carbonyl (C=O) groups is 2. The van der Waals surface area contributed by atoms with Crippen molar-refractivity contribution < 1.29 is 23.8 Å². The van der Waals surface area contributed by atoms with Crippen LogP contribution in [0.1, 0.15) is 6.42 Å². The summed E-state index contributed by atoms with van der Waals surface area (Å²) in [4.78, 5) is 24.1. The average Bonchev–Trinajstić information content (AvgIpc) is 3.36. The first kappa shape index (κ1) is 15.6. The highest BCUT2D eigenvalue weighted by Gasteiger charge is 2.47. The molecule has 1 saturated carbocycles. The van der Waals surface area contributed by atoms with Crippen LogP contribution in [0.25, 0.3) is 0 Å². The molecule has 2 aliphatic rings. The van der Waals surface area contributed by atoms with E-state index in [1.807, 2.05) is 0 Å². The number of benzene rings is 1. The lowest BCUT2D eigenvalue weighted by Crippen LogP contribution is -2.30. The van der Waals surface area contributed by atoms with E-state index >= 15 is 0 Å². The van der Waals surface area contributed by atoms with Crippen molar-refractivity contribution in [2.24, 2.45) is 11.8 Å². The number of nitrogens with one attached hydrogen (secondary N) is 2. The minimum atomic E-state index is -0.272. The molecule has 1 fully saturated rings. The molecule has 1 aromatic rings. The van der Waals surface area contributed by atoms with E-state index in [2.05, 4.69) is 10.6 Å². The normalized spacial score (nSPS) is 21.4. The second-order valence-electron chi connectivity index (χ2n) is 5.58. The summed E-state index contributed by atoms with van der Waals surface area (Å²) < 4.78 is 15.8. The van der Waals surface area contributed by atoms with Crippen molar-refractivity contribution in [1.82, 2.24) is 5.32 Å². The van der Waals surface area contributed by atoms with Crippen LogP contribution in [0.5, 0.6) is 11.5 Å². The Morgan fingerprint density at radius 2 is 1.91 bits per heavy atom. The predicted molar refractivity (Wildman–Crippen MR) is 82.5 cm³/mol. The zero-order valence-electron chi connectivity index (χ0n) is 13.0. The monoisotopic (exact) mass is 320 g/mol. The minimum absolute atomic E-state index is 0.0932. The van der Waals surface area contributed by atoms with Crippen LogP contribution >= 0.6 is 0 Å². The molecule has 7 heteroatoms. The van der Waals surface area contributed by atoms with Gasteiger partial charge in [-0.15, -0.1) is 0 Å². The van der Waals surface area contributed by atoms with E-state index in [0.717, 1.165) is 0 Å². The Hall–Kier alpha value is -2.28.